The quantitative estimate of drug-likeness (QED) is 0.511. The zero-order valence-corrected chi connectivity index (χ0v) is 17.6. The van der Waals surface area contributed by atoms with Crippen molar-refractivity contribution in [1.82, 2.24) is 4.90 Å². The Morgan fingerprint density at radius 1 is 1.07 bits per heavy atom. The van der Waals surface area contributed by atoms with Gasteiger partial charge in [-0.15, -0.1) is 0 Å². The van der Waals surface area contributed by atoms with Gasteiger partial charge in [-0.05, 0) is 43.2 Å². The van der Waals surface area contributed by atoms with Crippen molar-refractivity contribution in [3.63, 3.8) is 0 Å². The van der Waals surface area contributed by atoms with Gasteiger partial charge in [0.15, 0.2) is 0 Å². The van der Waals surface area contributed by atoms with Crippen molar-refractivity contribution in [2.45, 2.75) is 13.3 Å². The number of imide groups is 1. The van der Waals surface area contributed by atoms with E-state index in [9.17, 15) is 14.4 Å². The van der Waals surface area contributed by atoms with Crippen LogP contribution in [0.1, 0.15) is 32.7 Å². The van der Waals surface area contributed by atoms with Crippen molar-refractivity contribution in [3.05, 3.63) is 52.0 Å². The van der Waals surface area contributed by atoms with Gasteiger partial charge in [0.25, 0.3) is 11.8 Å². The van der Waals surface area contributed by atoms with E-state index in [4.69, 9.17) is 21.1 Å². The van der Waals surface area contributed by atoms with Crippen LogP contribution >= 0.6 is 11.6 Å². The van der Waals surface area contributed by atoms with Crippen molar-refractivity contribution in [2.24, 2.45) is 0 Å². The molecular formula is C21H22ClN3O5. The molecule has 1 heterocycles. The smallest absolute Gasteiger partial charge is 0.323 e. The number of rotatable bonds is 7. The molecule has 1 aliphatic heterocycles. The summed E-state index contributed by atoms with van der Waals surface area (Å²) in [7, 11) is 3.04. The molecule has 158 valence electrons. The number of hydrogen-bond donors (Lipinski definition) is 2. The molecule has 9 heteroatoms. The Morgan fingerprint density at radius 3 is 2.50 bits per heavy atom. The third-order valence-electron chi connectivity index (χ3n) is 4.69. The average Bonchev–Trinajstić information content (AvgIpc) is 2.95. The lowest BCUT2D eigenvalue weighted by Gasteiger charge is -2.13. The van der Waals surface area contributed by atoms with Crippen molar-refractivity contribution >= 4 is 40.8 Å². The van der Waals surface area contributed by atoms with Gasteiger partial charge in [0.2, 0.25) is 0 Å². The maximum Gasteiger partial charge on any atom is 0.323 e. The summed E-state index contributed by atoms with van der Waals surface area (Å²) in [6.45, 7) is 2.54. The second kappa shape index (κ2) is 9.15. The molecule has 0 aromatic heterocycles. The molecule has 0 bridgehead atoms. The number of carbonyl (C=O) groups excluding carboxylic acids is 3. The summed E-state index contributed by atoms with van der Waals surface area (Å²) >= 11 is 6.08. The number of nitrogens with zero attached hydrogens (tertiary/aromatic N) is 1. The summed E-state index contributed by atoms with van der Waals surface area (Å²) in [5.41, 5.74) is 2.20. The van der Waals surface area contributed by atoms with E-state index in [-0.39, 0.29) is 23.9 Å². The van der Waals surface area contributed by atoms with Gasteiger partial charge in [-0.25, -0.2) is 4.79 Å². The highest BCUT2D eigenvalue weighted by Crippen LogP contribution is 2.31. The molecule has 30 heavy (non-hydrogen) atoms. The van der Waals surface area contributed by atoms with Gasteiger partial charge >= 0.3 is 6.03 Å². The molecule has 1 aliphatic rings. The van der Waals surface area contributed by atoms with Gasteiger partial charge < -0.3 is 20.1 Å². The number of amides is 4. The van der Waals surface area contributed by atoms with Crippen LogP contribution in [-0.4, -0.2) is 50.1 Å². The van der Waals surface area contributed by atoms with Crippen LogP contribution in [-0.2, 0) is 4.74 Å². The number of carbonyl (C=O) groups is 3. The summed E-state index contributed by atoms with van der Waals surface area (Å²) in [5, 5.41) is 5.89. The highest BCUT2D eigenvalue weighted by atomic mass is 35.5. The van der Waals surface area contributed by atoms with Crippen molar-refractivity contribution < 1.29 is 23.9 Å². The molecule has 0 radical (unpaired) electrons. The van der Waals surface area contributed by atoms with Gasteiger partial charge in [-0.1, -0.05) is 11.6 Å². The number of anilines is 2. The number of urea groups is 1. The summed E-state index contributed by atoms with van der Waals surface area (Å²) in [5.74, 6) is -0.309. The van der Waals surface area contributed by atoms with Gasteiger partial charge in [0.1, 0.15) is 5.75 Å². The fourth-order valence-electron chi connectivity index (χ4n) is 3.15. The average molecular weight is 432 g/mol. The lowest BCUT2D eigenvalue weighted by atomic mass is 10.1. The Bertz CT molecular complexity index is 1010. The van der Waals surface area contributed by atoms with E-state index in [1.165, 1.54) is 24.1 Å². The molecule has 2 N–H and O–H groups in total. The number of aryl methyl sites for hydroxylation is 1. The van der Waals surface area contributed by atoms with Gasteiger partial charge in [0, 0.05) is 37.0 Å². The zero-order chi connectivity index (χ0) is 21.8. The molecule has 0 atom stereocenters. The third-order valence-corrected chi connectivity index (χ3v) is 5.09. The monoisotopic (exact) mass is 431 g/mol. The van der Waals surface area contributed by atoms with E-state index in [1.54, 1.807) is 25.3 Å². The van der Waals surface area contributed by atoms with Crippen molar-refractivity contribution in [1.29, 1.82) is 0 Å². The Balaban J connectivity index is 1.73. The van der Waals surface area contributed by atoms with Crippen LogP contribution in [0.4, 0.5) is 16.2 Å². The maximum atomic E-state index is 12.6. The number of nitrogens with one attached hydrogen (secondary N) is 2. The van der Waals surface area contributed by atoms with E-state index in [1.807, 2.05) is 6.92 Å². The first-order valence-corrected chi connectivity index (χ1v) is 9.64. The minimum atomic E-state index is -0.524. The highest BCUT2D eigenvalue weighted by molar-refractivity contribution is 6.31. The predicted molar refractivity (Wildman–Crippen MR) is 114 cm³/mol. The Hall–Kier alpha value is -3.10. The number of benzene rings is 2. The maximum absolute atomic E-state index is 12.6. The number of methoxy groups -OCH3 is 2. The number of fused-ring (bicyclic) bond motifs is 1. The molecule has 4 amide bonds. The van der Waals surface area contributed by atoms with Gasteiger partial charge in [0.05, 0.1) is 23.9 Å². The minimum Gasteiger partial charge on any atom is -0.495 e. The molecule has 2 aromatic carbocycles. The zero-order valence-electron chi connectivity index (χ0n) is 16.9. The topological polar surface area (TPSA) is 97.0 Å². The van der Waals surface area contributed by atoms with E-state index in [0.717, 1.165) is 5.56 Å². The second-order valence-electron chi connectivity index (χ2n) is 6.75. The molecular weight excluding hydrogens is 410 g/mol. The Labute approximate surface area is 179 Å². The largest absolute Gasteiger partial charge is 0.495 e. The van der Waals surface area contributed by atoms with E-state index in [2.05, 4.69) is 10.6 Å². The molecule has 3 rings (SSSR count). The molecule has 0 aliphatic carbocycles. The second-order valence-corrected chi connectivity index (χ2v) is 7.16. The minimum absolute atomic E-state index is 0.259. The molecule has 0 unspecified atom stereocenters. The molecule has 0 spiro atoms. The van der Waals surface area contributed by atoms with Crippen LogP contribution in [0.2, 0.25) is 5.02 Å². The highest BCUT2D eigenvalue weighted by Gasteiger charge is 2.35. The third kappa shape index (κ3) is 4.39. The summed E-state index contributed by atoms with van der Waals surface area (Å²) < 4.78 is 10.2. The molecule has 8 nitrogen and oxygen atoms in total. The summed E-state index contributed by atoms with van der Waals surface area (Å²) in [6, 6.07) is 7.40. The van der Waals surface area contributed by atoms with Crippen LogP contribution in [0.15, 0.2) is 30.3 Å². The first-order valence-electron chi connectivity index (χ1n) is 9.27. The number of halogens is 1. The predicted octanol–water partition coefficient (Wildman–Crippen LogP) is 3.93. The van der Waals surface area contributed by atoms with Crippen LogP contribution in [0.5, 0.6) is 5.75 Å². The summed E-state index contributed by atoms with van der Waals surface area (Å²) in [6.07, 6.45) is 0.553. The van der Waals surface area contributed by atoms with E-state index in [0.29, 0.717) is 40.7 Å². The normalized spacial score (nSPS) is 12.7. The molecule has 0 saturated carbocycles. The van der Waals surface area contributed by atoms with Crippen LogP contribution in [0.3, 0.4) is 0 Å². The fraction of sp³-hybridized carbons (Fsp3) is 0.286. The standard InChI is InChI=1S/C21H22ClN3O5/c1-12-9-17(18(30-3)11-16(12)22)24-21(28)23-13-5-6-14-15(10-13)20(27)25(19(14)26)7-4-8-29-2/h5-6,9-11H,4,7-8H2,1-3H3,(H2,23,24,28). The summed E-state index contributed by atoms with van der Waals surface area (Å²) in [4.78, 5) is 38.7. The Morgan fingerprint density at radius 2 is 1.80 bits per heavy atom. The molecule has 0 saturated heterocycles. The van der Waals surface area contributed by atoms with E-state index < -0.39 is 6.03 Å². The van der Waals surface area contributed by atoms with Crippen LogP contribution in [0.25, 0.3) is 0 Å². The lowest BCUT2D eigenvalue weighted by Crippen LogP contribution is -2.31. The fourth-order valence-corrected chi connectivity index (χ4v) is 3.31. The molecule has 2 aromatic rings. The SMILES string of the molecule is COCCCN1C(=O)c2ccc(NC(=O)Nc3cc(C)c(Cl)cc3OC)cc2C1=O. The van der Waals surface area contributed by atoms with Gasteiger partial charge in [-0.3, -0.25) is 14.5 Å². The first-order chi connectivity index (χ1) is 14.3. The number of hydrogen-bond acceptors (Lipinski definition) is 5. The van der Waals surface area contributed by atoms with Crippen molar-refractivity contribution in [2.75, 3.05) is 38.0 Å². The van der Waals surface area contributed by atoms with Crippen molar-refractivity contribution in [3.8, 4) is 5.75 Å². The first kappa shape index (κ1) is 21.6. The number of ether oxygens (including phenoxy) is 2. The van der Waals surface area contributed by atoms with Crippen LogP contribution < -0.4 is 15.4 Å². The molecule has 0 fully saturated rings. The lowest BCUT2D eigenvalue weighted by molar-refractivity contribution is 0.0638. The van der Waals surface area contributed by atoms with E-state index >= 15 is 0 Å². The van der Waals surface area contributed by atoms with Crippen LogP contribution in [0, 0.1) is 6.92 Å². The Kier molecular flexibility index (Phi) is 6.59. The van der Waals surface area contributed by atoms with Gasteiger partial charge in [-0.2, -0.15) is 0 Å².